The molecule has 0 aromatic carbocycles. The molecule has 2 heterocycles. The molecule has 2 aromatic rings. The Morgan fingerprint density at radius 3 is 2.91 bits per heavy atom. The Kier molecular flexibility index (Phi) is 5.33. The molecule has 0 radical (unpaired) electrons. The first-order chi connectivity index (χ1) is 10.3. The third kappa shape index (κ3) is 3.73. The fraction of sp³-hybridized carbons (Fsp3) is 0.467. The number of aromatic nitrogens is 1. The minimum absolute atomic E-state index is 0.140. The Morgan fingerprint density at radius 2 is 2.32 bits per heavy atom. The first kappa shape index (κ1) is 17.1. The quantitative estimate of drug-likeness (QED) is 0.848. The van der Waals surface area contributed by atoms with Crippen LogP contribution >= 0.6 is 22.7 Å². The average molecular weight is 340 g/mol. The molecule has 2 unspecified atom stereocenters. The summed E-state index contributed by atoms with van der Waals surface area (Å²) < 4.78 is 5.22. The number of carbonyl (C=O) groups excluding carboxylic acids is 1. The van der Waals surface area contributed by atoms with E-state index >= 15 is 0 Å². The first-order valence-corrected chi connectivity index (χ1v) is 8.64. The monoisotopic (exact) mass is 340 g/mol. The van der Waals surface area contributed by atoms with Crippen LogP contribution in [0.4, 0.5) is 0 Å². The lowest BCUT2D eigenvalue weighted by Crippen LogP contribution is -2.38. The Hall–Kier alpha value is -1.28. The van der Waals surface area contributed by atoms with Gasteiger partial charge in [0, 0.05) is 7.11 Å². The molecule has 22 heavy (non-hydrogen) atoms. The summed E-state index contributed by atoms with van der Waals surface area (Å²) >= 11 is 2.83. The van der Waals surface area contributed by atoms with Crippen LogP contribution in [0.1, 0.15) is 45.9 Å². The van der Waals surface area contributed by atoms with Gasteiger partial charge in [-0.2, -0.15) is 11.3 Å². The minimum Gasteiger partial charge on any atom is -0.384 e. The fourth-order valence-corrected chi connectivity index (χ4v) is 3.70. The van der Waals surface area contributed by atoms with Crippen LogP contribution in [0.2, 0.25) is 0 Å². The summed E-state index contributed by atoms with van der Waals surface area (Å²) in [6.45, 7) is 5.53. The number of thiazole rings is 1. The van der Waals surface area contributed by atoms with Crippen molar-refractivity contribution in [2.75, 3.05) is 13.7 Å². The van der Waals surface area contributed by atoms with Gasteiger partial charge in [-0.25, -0.2) is 4.98 Å². The molecule has 7 heteroatoms. The highest BCUT2D eigenvalue weighted by molar-refractivity contribution is 7.13. The molecule has 0 saturated heterocycles. The molecule has 2 atom stereocenters. The first-order valence-electron chi connectivity index (χ1n) is 6.88. The summed E-state index contributed by atoms with van der Waals surface area (Å²) in [6.07, 6.45) is -0.140. The Balaban J connectivity index is 2.05. The number of thiophene rings is 1. The van der Waals surface area contributed by atoms with E-state index in [1.807, 2.05) is 23.8 Å². The summed E-state index contributed by atoms with van der Waals surface area (Å²) in [5, 5.41) is 17.8. The molecule has 0 aliphatic rings. The van der Waals surface area contributed by atoms with Gasteiger partial charge in [0.15, 0.2) is 0 Å². The lowest BCUT2D eigenvalue weighted by Gasteiger charge is -2.22. The van der Waals surface area contributed by atoms with Gasteiger partial charge in [0.05, 0.1) is 12.2 Å². The molecular formula is C15H20N2O3S2. The van der Waals surface area contributed by atoms with Gasteiger partial charge < -0.3 is 15.2 Å². The van der Waals surface area contributed by atoms with Gasteiger partial charge in [-0.1, -0.05) is 0 Å². The van der Waals surface area contributed by atoms with Crippen LogP contribution in [0.3, 0.4) is 0 Å². The lowest BCUT2D eigenvalue weighted by atomic mass is 9.99. The number of nitrogens with zero attached hydrogens (tertiary/aromatic N) is 1. The van der Waals surface area contributed by atoms with E-state index in [-0.39, 0.29) is 18.6 Å². The number of carbonyl (C=O) groups is 1. The minimum atomic E-state index is -1.09. The maximum atomic E-state index is 12.3. The van der Waals surface area contributed by atoms with Gasteiger partial charge >= 0.3 is 0 Å². The van der Waals surface area contributed by atoms with E-state index in [2.05, 4.69) is 10.3 Å². The molecule has 5 nitrogen and oxygen atoms in total. The third-order valence-corrected chi connectivity index (χ3v) is 5.46. The molecule has 0 saturated carbocycles. The topological polar surface area (TPSA) is 71.5 Å². The second-order valence-electron chi connectivity index (χ2n) is 5.31. The predicted octanol–water partition coefficient (Wildman–Crippen LogP) is 2.86. The van der Waals surface area contributed by atoms with Gasteiger partial charge in [0.1, 0.15) is 21.6 Å². The van der Waals surface area contributed by atoms with Crippen molar-refractivity contribution in [1.82, 2.24) is 10.3 Å². The van der Waals surface area contributed by atoms with Gasteiger partial charge in [-0.05, 0) is 43.2 Å². The van der Waals surface area contributed by atoms with E-state index in [1.165, 1.54) is 22.7 Å². The van der Waals surface area contributed by atoms with Crippen LogP contribution in [0, 0.1) is 6.92 Å². The van der Waals surface area contributed by atoms with Crippen molar-refractivity contribution in [3.63, 3.8) is 0 Å². The van der Waals surface area contributed by atoms with Crippen LogP contribution < -0.4 is 5.32 Å². The van der Waals surface area contributed by atoms with Gasteiger partial charge in [-0.3, -0.25) is 4.79 Å². The SMILES string of the molecule is COC(C)c1nc(C)c(C(=O)NCC(C)(O)c2ccsc2)s1. The zero-order chi connectivity index (χ0) is 16.3. The number of hydrogen-bond acceptors (Lipinski definition) is 6. The summed E-state index contributed by atoms with van der Waals surface area (Å²) in [5.74, 6) is -0.222. The van der Waals surface area contributed by atoms with Crippen molar-refractivity contribution in [1.29, 1.82) is 0 Å². The summed E-state index contributed by atoms with van der Waals surface area (Å²) in [7, 11) is 1.61. The molecule has 2 rings (SSSR count). The Bertz CT molecular complexity index is 635. The van der Waals surface area contributed by atoms with Crippen LogP contribution in [0.5, 0.6) is 0 Å². The maximum Gasteiger partial charge on any atom is 0.263 e. The highest BCUT2D eigenvalue weighted by atomic mass is 32.1. The van der Waals surface area contributed by atoms with Crippen molar-refractivity contribution < 1.29 is 14.6 Å². The number of aryl methyl sites for hydroxylation is 1. The number of methoxy groups -OCH3 is 1. The van der Waals surface area contributed by atoms with Gasteiger partial charge in [-0.15, -0.1) is 11.3 Å². The lowest BCUT2D eigenvalue weighted by molar-refractivity contribution is 0.0531. The van der Waals surface area contributed by atoms with Crippen LogP contribution in [-0.2, 0) is 10.3 Å². The van der Waals surface area contributed by atoms with E-state index in [1.54, 1.807) is 21.0 Å². The largest absolute Gasteiger partial charge is 0.384 e. The molecule has 0 fully saturated rings. The zero-order valence-corrected chi connectivity index (χ0v) is 14.7. The number of rotatable bonds is 6. The van der Waals surface area contributed by atoms with Crippen molar-refractivity contribution >= 4 is 28.6 Å². The van der Waals surface area contributed by atoms with Crippen LogP contribution in [0.25, 0.3) is 0 Å². The second kappa shape index (κ2) is 6.87. The molecule has 120 valence electrons. The molecule has 2 N–H and O–H groups in total. The van der Waals surface area contributed by atoms with E-state index in [0.29, 0.717) is 10.6 Å². The molecule has 0 bridgehead atoms. The molecule has 2 aromatic heterocycles. The number of amides is 1. The van der Waals surface area contributed by atoms with E-state index in [4.69, 9.17) is 4.74 Å². The number of ether oxygens (including phenoxy) is 1. The van der Waals surface area contributed by atoms with Gasteiger partial charge in [0.25, 0.3) is 5.91 Å². The molecule has 0 aliphatic heterocycles. The maximum absolute atomic E-state index is 12.3. The van der Waals surface area contributed by atoms with E-state index in [9.17, 15) is 9.90 Å². The zero-order valence-electron chi connectivity index (χ0n) is 13.0. The number of aliphatic hydroxyl groups is 1. The second-order valence-corrected chi connectivity index (χ2v) is 7.12. The molecule has 0 aliphatic carbocycles. The number of nitrogens with one attached hydrogen (secondary N) is 1. The van der Waals surface area contributed by atoms with E-state index < -0.39 is 5.60 Å². The average Bonchev–Trinajstić information content (AvgIpc) is 3.13. The molecular weight excluding hydrogens is 320 g/mol. The highest BCUT2D eigenvalue weighted by Gasteiger charge is 2.26. The van der Waals surface area contributed by atoms with Crippen molar-refractivity contribution in [2.24, 2.45) is 0 Å². The van der Waals surface area contributed by atoms with Crippen molar-refractivity contribution in [2.45, 2.75) is 32.5 Å². The molecule has 1 amide bonds. The standard InChI is InChI=1S/C15H20N2O3S2/c1-9-12(22-14(17-9)10(2)20-4)13(18)16-8-15(3,19)11-5-6-21-7-11/h5-7,10,19H,8H2,1-4H3,(H,16,18). The third-order valence-electron chi connectivity index (χ3n) is 3.46. The predicted molar refractivity (Wildman–Crippen MR) is 88.5 cm³/mol. The summed E-state index contributed by atoms with van der Waals surface area (Å²) in [6, 6.07) is 1.85. The summed E-state index contributed by atoms with van der Waals surface area (Å²) in [5.41, 5.74) is 0.390. The van der Waals surface area contributed by atoms with Crippen molar-refractivity contribution in [3.05, 3.63) is 38.0 Å². The van der Waals surface area contributed by atoms with Crippen LogP contribution in [-0.4, -0.2) is 29.7 Å². The van der Waals surface area contributed by atoms with Crippen LogP contribution in [0.15, 0.2) is 16.8 Å². The Labute approximate surface area is 138 Å². The Morgan fingerprint density at radius 1 is 1.59 bits per heavy atom. The van der Waals surface area contributed by atoms with Crippen molar-refractivity contribution in [3.8, 4) is 0 Å². The smallest absolute Gasteiger partial charge is 0.263 e. The fourth-order valence-electron chi connectivity index (χ4n) is 1.91. The highest BCUT2D eigenvalue weighted by Crippen LogP contribution is 2.26. The molecule has 0 spiro atoms. The summed E-state index contributed by atoms with van der Waals surface area (Å²) in [4.78, 5) is 17.2. The van der Waals surface area contributed by atoms with E-state index in [0.717, 1.165) is 10.6 Å². The number of hydrogen-bond donors (Lipinski definition) is 2. The normalized spacial score (nSPS) is 15.3. The van der Waals surface area contributed by atoms with Gasteiger partial charge in [0.2, 0.25) is 0 Å².